The van der Waals surface area contributed by atoms with E-state index >= 15 is 0 Å². The number of carbonyl (C=O) groups excluding carboxylic acids is 2. The molecule has 8 heteroatoms. The number of nitrogens with one attached hydrogen (secondary N) is 3. The summed E-state index contributed by atoms with van der Waals surface area (Å²) in [5.41, 5.74) is 3.52. The Morgan fingerprint density at radius 1 is 1.40 bits per heavy atom. The van der Waals surface area contributed by atoms with E-state index in [4.69, 9.17) is 0 Å². The molecule has 1 saturated heterocycles. The maximum atomic E-state index is 12.4. The lowest BCUT2D eigenvalue weighted by Gasteiger charge is -2.20. The maximum absolute atomic E-state index is 12.4. The third-order valence-corrected chi connectivity index (χ3v) is 4.71. The van der Waals surface area contributed by atoms with E-state index in [1.807, 2.05) is 35.9 Å². The van der Waals surface area contributed by atoms with Crippen LogP contribution in [0.2, 0.25) is 0 Å². The number of rotatable bonds is 3. The van der Waals surface area contributed by atoms with E-state index in [9.17, 15) is 9.59 Å². The highest BCUT2D eigenvalue weighted by molar-refractivity contribution is 5.97. The minimum absolute atomic E-state index is 0.0610. The molecule has 130 valence electrons. The van der Waals surface area contributed by atoms with Crippen molar-refractivity contribution in [1.29, 1.82) is 0 Å². The highest BCUT2D eigenvalue weighted by atomic mass is 16.2. The summed E-state index contributed by atoms with van der Waals surface area (Å²) in [5, 5.41) is 8.69. The van der Waals surface area contributed by atoms with E-state index in [-0.39, 0.29) is 18.1 Å². The summed E-state index contributed by atoms with van der Waals surface area (Å²) >= 11 is 0. The minimum atomic E-state index is -0.241. The van der Waals surface area contributed by atoms with Gasteiger partial charge in [-0.3, -0.25) is 4.90 Å². The molecule has 2 aromatic rings. The molecule has 0 bridgehead atoms. The molecule has 0 aliphatic carbocycles. The van der Waals surface area contributed by atoms with Crippen LogP contribution in [0.4, 0.5) is 21.0 Å². The summed E-state index contributed by atoms with van der Waals surface area (Å²) in [4.78, 5) is 30.0. The van der Waals surface area contributed by atoms with Crippen molar-refractivity contribution in [3.63, 3.8) is 0 Å². The van der Waals surface area contributed by atoms with Gasteiger partial charge in [0.1, 0.15) is 0 Å². The fourth-order valence-corrected chi connectivity index (χ4v) is 3.43. The van der Waals surface area contributed by atoms with E-state index in [1.54, 1.807) is 11.2 Å². The van der Waals surface area contributed by atoms with E-state index in [0.717, 1.165) is 29.9 Å². The number of carbonyl (C=O) groups is 2. The third-order valence-electron chi connectivity index (χ3n) is 4.71. The third kappa shape index (κ3) is 2.90. The van der Waals surface area contributed by atoms with Crippen LogP contribution in [0.1, 0.15) is 11.3 Å². The number of benzene rings is 1. The van der Waals surface area contributed by atoms with Gasteiger partial charge < -0.3 is 20.5 Å². The average Bonchev–Trinajstić information content (AvgIpc) is 3.26. The Bertz CT molecular complexity index is 810. The summed E-state index contributed by atoms with van der Waals surface area (Å²) in [6.07, 6.45) is 4.39. The van der Waals surface area contributed by atoms with Gasteiger partial charge in [0.05, 0.1) is 18.1 Å². The van der Waals surface area contributed by atoms with Crippen molar-refractivity contribution >= 4 is 23.4 Å². The SMILES string of the molecule is Cc1c(NC(=O)NC2Cc3cncn3C2)cccc1N1CCNC1=O. The lowest BCUT2D eigenvalue weighted by Crippen LogP contribution is -2.39. The first kappa shape index (κ1) is 15.5. The fourth-order valence-electron chi connectivity index (χ4n) is 3.43. The zero-order valence-corrected chi connectivity index (χ0v) is 14.0. The molecule has 3 N–H and O–H groups in total. The van der Waals surface area contributed by atoms with Crippen LogP contribution in [0, 0.1) is 6.92 Å². The number of fused-ring (bicyclic) bond motifs is 1. The Labute approximate surface area is 145 Å². The van der Waals surface area contributed by atoms with Crippen molar-refractivity contribution in [2.75, 3.05) is 23.3 Å². The molecule has 3 heterocycles. The van der Waals surface area contributed by atoms with Gasteiger partial charge in [-0.1, -0.05) is 6.07 Å². The molecule has 1 fully saturated rings. The molecule has 1 aromatic heterocycles. The number of amides is 4. The number of hydrogen-bond donors (Lipinski definition) is 3. The second-order valence-electron chi connectivity index (χ2n) is 6.37. The second kappa shape index (κ2) is 6.12. The van der Waals surface area contributed by atoms with Crippen LogP contribution in [0.15, 0.2) is 30.7 Å². The Hall–Kier alpha value is -3.03. The predicted octanol–water partition coefficient (Wildman–Crippen LogP) is 1.47. The quantitative estimate of drug-likeness (QED) is 0.790. The molecule has 1 unspecified atom stereocenters. The topological polar surface area (TPSA) is 91.3 Å². The number of urea groups is 2. The van der Waals surface area contributed by atoms with Crippen LogP contribution in [0.5, 0.6) is 0 Å². The lowest BCUT2D eigenvalue weighted by atomic mass is 10.1. The molecule has 4 amide bonds. The van der Waals surface area contributed by atoms with Crippen molar-refractivity contribution in [1.82, 2.24) is 20.2 Å². The number of aromatic nitrogens is 2. The normalized spacial score (nSPS) is 18.8. The minimum Gasteiger partial charge on any atom is -0.336 e. The maximum Gasteiger partial charge on any atom is 0.322 e. The van der Waals surface area contributed by atoms with Gasteiger partial charge in [0.15, 0.2) is 0 Å². The van der Waals surface area contributed by atoms with Crippen molar-refractivity contribution in [2.24, 2.45) is 0 Å². The van der Waals surface area contributed by atoms with Gasteiger partial charge in [-0.25, -0.2) is 14.6 Å². The first-order valence-electron chi connectivity index (χ1n) is 8.33. The predicted molar refractivity (Wildman–Crippen MR) is 93.8 cm³/mol. The summed E-state index contributed by atoms with van der Waals surface area (Å²) in [6.45, 7) is 3.90. The van der Waals surface area contributed by atoms with Crippen LogP contribution < -0.4 is 20.9 Å². The van der Waals surface area contributed by atoms with Gasteiger partial charge >= 0.3 is 12.1 Å². The van der Waals surface area contributed by atoms with Crippen molar-refractivity contribution in [3.05, 3.63) is 42.0 Å². The number of imidazole rings is 1. The lowest BCUT2D eigenvalue weighted by molar-refractivity contribution is 0.248. The Balaban J connectivity index is 1.43. The van der Waals surface area contributed by atoms with E-state index in [2.05, 4.69) is 20.9 Å². The highest BCUT2D eigenvalue weighted by Gasteiger charge is 2.25. The van der Waals surface area contributed by atoms with E-state index in [0.29, 0.717) is 18.8 Å². The van der Waals surface area contributed by atoms with Gasteiger partial charge in [0.25, 0.3) is 0 Å². The highest BCUT2D eigenvalue weighted by Crippen LogP contribution is 2.27. The molecule has 0 radical (unpaired) electrons. The zero-order chi connectivity index (χ0) is 17.4. The molecule has 25 heavy (non-hydrogen) atoms. The largest absolute Gasteiger partial charge is 0.336 e. The summed E-state index contributed by atoms with van der Waals surface area (Å²) in [7, 11) is 0. The monoisotopic (exact) mass is 340 g/mol. The first-order valence-corrected chi connectivity index (χ1v) is 8.33. The smallest absolute Gasteiger partial charge is 0.322 e. The molecule has 1 atom stereocenters. The molecule has 1 aromatic carbocycles. The molecule has 0 saturated carbocycles. The average molecular weight is 340 g/mol. The molecule has 8 nitrogen and oxygen atoms in total. The molecule has 2 aliphatic heterocycles. The molecule has 4 rings (SSSR count). The van der Waals surface area contributed by atoms with Gasteiger partial charge in [0, 0.05) is 43.6 Å². The Morgan fingerprint density at radius 3 is 3.04 bits per heavy atom. The van der Waals surface area contributed by atoms with Crippen LogP contribution in [0.3, 0.4) is 0 Å². The van der Waals surface area contributed by atoms with Crippen LogP contribution in [0.25, 0.3) is 0 Å². The number of anilines is 2. The summed E-state index contributed by atoms with van der Waals surface area (Å²) < 4.78 is 2.04. The molecule has 2 aliphatic rings. The van der Waals surface area contributed by atoms with Crippen molar-refractivity contribution in [3.8, 4) is 0 Å². The second-order valence-corrected chi connectivity index (χ2v) is 6.37. The van der Waals surface area contributed by atoms with Gasteiger partial charge in [-0.15, -0.1) is 0 Å². The van der Waals surface area contributed by atoms with Crippen molar-refractivity contribution in [2.45, 2.75) is 25.9 Å². The number of nitrogens with zero attached hydrogens (tertiary/aromatic N) is 3. The van der Waals surface area contributed by atoms with Crippen LogP contribution >= 0.6 is 0 Å². The summed E-state index contributed by atoms with van der Waals surface area (Å²) in [5.74, 6) is 0. The van der Waals surface area contributed by atoms with Gasteiger partial charge in [-0.05, 0) is 24.6 Å². The fraction of sp³-hybridized carbons (Fsp3) is 0.353. The molecule has 0 spiro atoms. The van der Waals surface area contributed by atoms with Crippen LogP contribution in [-0.4, -0.2) is 40.7 Å². The molecular weight excluding hydrogens is 320 g/mol. The van der Waals surface area contributed by atoms with E-state index in [1.165, 1.54) is 0 Å². The first-order chi connectivity index (χ1) is 12.1. The van der Waals surface area contributed by atoms with E-state index < -0.39 is 0 Å². The Kier molecular flexibility index (Phi) is 3.79. The molecular formula is C17H20N6O2. The summed E-state index contributed by atoms with van der Waals surface area (Å²) in [6, 6.07) is 5.29. The number of hydrogen-bond acceptors (Lipinski definition) is 3. The van der Waals surface area contributed by atoms with Gasteiger partial charge in [0.2, 0.25) is 0 Å². The van der Waals surface area contributed by atoms with Crippen LogP contribution in [-0.2, 0) is 13.0 Å². The Morgan fingerprint density at radius 2 is 2.28 bits per heavy atom. The van der Waals surface area contributed by atoms with Crippen molar-refractivity contribution < 1.29 is 9.59 Å². The standard InChI is InChI=1S/C17H20N6O2/c1-11-14(3-2-4-15(11)23-6-5-19-17(23)25)21-16(24)20-12-7-13-8-18-10-22(13)9-12/h2-4,8,10,12H,5-7,9H2,1H3,(H,19,25)(H2,20,21,24). The zero-order valence-electron chi connectivity index (χ0n) is 14.0. The van der Waals surface area contributed by atoms with Gasteiger partial charge in [-0.2, -0.15) is 0 Å².